The first kappa shape index (κ1) is 14.0. The predicted octanol–water partition coefficient (Wildman–Crippen LogP) is 1.44. The molecule has 1 aliphatic rings. The molecule has 1 aliphatic heterocycles. The van der Waals surface area contributed by atoms with Crippen molar-refractivity contribution < 1.29 is 4.79 Å². The van der Waals surface area contributed by atoms with E-state index in [0.717, 1.165) is 41.7 Å². The van der Waals surface area contributed by atoms with Gasteiger partial charge in [0.2, 0.25) is 0 Å². The molecule has 0 radical (unpaired) electrons. The third-order valence-corrected chi connectivity index (χ3v) is 4.66. The fourth-order valence-corrected chi connectivity index (χ4v) is 3.14. The number of aromatic nitrogens is 4. The van der Waals surface area contributed by atoms with Gasteiger partial charge in [-0.3, -0.25) is 9.78 Å². The van der Waals surface area contributed by atoms with Crippen molar-refractivity contribution in [2.75, 3.05) is 25.0 Å². The fourth-order valence-electron chi connectivity index (χ4n) is 2.63. The predicted molar refractivity (Wildman–Crippen MR) is 87.5 cm³/mol. The summed E-state index contributed by atoms with van der Waals surface area (Å²) in [5.74, 6) is 0.850. The van der Waals surface area contributed by atoms with E-state index < -0.39 is 0 Å². The van der Waals surface area contributed by atoms with Crippen molar-refractivity contribution in [1.29, 1.82) is 0 Å². The van der Waals surface area contributed by atoms with Crippen molar-refractivity contribution >= 4 is 34.5 Å². The number of rotatable bonds is 3. The average molecular weight is 326 g/mol. The molecular weight excluding hydrogens is 312 g/mol. The van der Waals surface area contributed by atoms with E-state index in [2.05, 4.69) is 23.6 Å². The molecule has 23 heavy (non-hydrogen) atoms. The second-order valence-corrected chi connectivity index (χ2v) is 6.03. The van der Waals surface area contributed by atoms with Gasteiger partial charge in [-0.15, -0.1) is 0 Å². The van der Waals surface area contributed by atoms with E-state index in [1.54, 1.807) is 29.6 Å². The molecule has 1 amide bonds. The Balaban J connectivity index is 1.45. The Labute approximate surface area is 136 Å². The second kappa shape index (κ2) is 5.54. The van der Waals surface area contributed by atoms with Crippen molar-refractivity contribution in [2.24, 2.45) is 0 Å². The maximum absolute atomic E-state index is 12.6. The Morgan fingerprint density at radius 1 is 1.26 bits per heavy atom. The van der Waals surface area contributed by atoms with Crippen LogP contribution in [0.4, 0.5) is 5.82 Å². The van der Waals surface area contributed by atoms with Gasteiger partial charge in [0.25, 0.3) is 5.91 Å². The minimum Gasteiger partial charge on any atom is -0.351 e. The van der Waals surface area contributed by atoms with Crippen LogP contribution in [0.3, 0.4) is 0 Å². The molecule has 0 saturated carbocycles. The van der Waals surface area contributed by atoms with Gasteiger partial charge in [0.05, 0.1) is 24.0 Å². The van der Waals surface area contributed by atoms with E-state index in [4.69, 9.17) is 0 Å². The number of benzene rings is 1. The summed E-state index contributed by atoms with van der Waals surface area (Å²) in [6, 6.07) is 5.62. The van der Waals surface area contributed by atoms with Gasteiger partial charge in [-0.25, -0.2) is 4.98 Å². The molecule has 0 spiro atoms. The van der Waals surface area contributed by atoms with Gasteiger partial charge in [0.1, 0.15) is 16.9 Å². The molecule has 0 atom stereocenters. The maximum Gasteiger partial charge on any atom is 0.254 e. The highest BCUT2D eigenvalue weighted by Crippen LogP contribution is 2.22. The van der Waals surface area contributed by atoms with Crippen molar-refractivity contribution in [3.63, 3.8) is 0 Å². The number of carbonyl (C=O) groups is 1. The first-order valence-electron chi connectivity index (χ1n) is 7.23. The van der Waals surface area contributed by atoms with Crippen molar-refractivity contribution in [2.45, 2.75) is 6.04 Å². The van der Waals surface area contributed by atoms with Crippen LogP contribution in [-0.4, -0.2) is 55.7 Å². The molecule has 1 fully saturated rings. The molecule has 1 saturated heterocycles. The average Bonchev–Trinajstić information content (AvgIpc) is 3.01. The van der Waals surface area contributed by atoms with E-state index in [9.17, 15) is 4.79 Å². The highest BCUT2D eigenvalue weighted by atomic mass is 32.1. The van der Waals surface area contributed by atoms with Crippen LogP contribution in [0.15, 0.2) is 36.8 Å². The van der Waals surface area contributed by atoms with Gasteiger partial charge in [-0.2, -0.15) is 8.75 Å². The molecule has 0 unspecified atom stereocenters. The van der Waals surface area contributed by atoms with Crippen LogP contribution in [0.1, 0.15) is 10.4 Å². The minimum atomic E-state index is 0.00342. The molecule has 0 aliphatic carbocycles. The number of hydrogen-bond donors (Lipinski definition) is 0. The van der Waals surface area contributed by atoms with Crippen LogP contribution in [0, 0.1) is 0 Å². The van der Waals surface area contributed by atoms with Gasteiger partial charge >= 0.3 is 0 Å². The molecular formula is C15H14N6OS. The molecule has 1 aromatic carbocycles. The monoisotopic (exact) mass is 326 g/mol. The number of nitrogens with zero attached hydrogens (tertiary/aromatic N) is 6. The molecule has 3 heterocycles. The summed E-state index contributed by atoms with van der Waals surface area (Å²) in [5, 5.41) is 0. The van der Waals surface area contributed by atoms with Crippen molar-refractivity contribution in [3.8, 4) is 0 Å². The molecule has 2 aromatic heterocycles. The van der Waals surface area contributed by atoms with Gasteiger partial charge in [-0.1, -0.05) is 0 Å². The van der Waals surface area contributed by atoms with Gasteiger partial charge in [0, 0.05) is 38.1 Å². The zero-order valence-electron chi connectivity index (χ0n) is 12.5. The zero-order chi connectivity index (χ0) is 15.8. The Bertz CT molecular complexity index is 845. The minimum absolute atomic E-state index is 0.00342. The summed E-state index contributed by atoms with van der Waals surface area (Å²) in [6.07, 6.45) is 5.07. The van der Waals surface area contributed by atoms with Gasteiger partial charge in [-0.05, 0) is 18.2 Å². The number of likely N-dealkylation sites (N-methyl/N-ethyl adjacent to an activating group) is 1. The topological polar surface area (TPSA) is 75.1 Å². The molecule has 3 aromatic rings. The highest BCUT2D eigenvalue weighted by Gasteiger charge is 2.33. The van der Waals surface area contributed by atoms with E-state index in [-0.39, 0.29) is 11.9 Å². The van der Waals surface area contributed by atoms with Crippen LogP contribution >= 0.6 is 11.7 Å². The Kier molecular flexibility index (Phi) is 3.38. The standard InChI is InChI=1S/C15H14N6OS/c1-20(11-8-21(9-11)14-7-16-4-5-17-14)15(22)10-2-3-12-13(6-10)19-23-18-12/h2-7,11H,8-9H2,1H3. The van der Waals surface area contributed by atoms with Crippen LogP contribution in [0.2, 0.25) is 0 Å². The summed E-state index contributed by atoms with van der Waals surface area (Å²) in [6.45, 7) is 1.53. The highest BCUT2D eigenvalue weighted by molar-refractivity contribution is 7.00. The number of amides is 1. The van der Waals surface area contributed by atoms with E-state index in [0.29, 0.717) is 5.56 Å². The smallest absolute Gasteiger partial charge is 0.254 e. The molecule has 116 valence electrons. The largest absolute Gasteiger partial charge is 0.351 e. The van der Waals surface area contributed by atoms with Gasteiger partial charge in [0.15, 0.2) is 0 Å². The molecule has 0 bridgehead atoms. The molecule has 8 heteroatoms. The van der Waals surface area contributed by atoms with Crippen LogP contribution in [-0.2, 0) is 0 Å². The molecule has 0 N–H and O–H groups in total. The summed E-state index contributed by atoms with van der Waals surface area (Å²) in [5.41, 5.74) is 2.24. The van der Waals surface area contributed by atoms with E-state index in [1.807, 2.05) is 19.2 Å². The third kappa shape index (κ3) is 2.50. The SMILES string of the molecule is CN(C(=O)c1ccc2nsnc2c1)C1CN(c2cnccn2)C1. The summed E-state index contributed by atoms with van der Waals surface area (Å²) < 4.78 is 8.34. The first-order chi connectivity index (χ1) is 11.2. The Morgan fingerprint density at radius 3 is 2.87 bits per heavy atom. The van der Waals surface area contributed by atoms with E-state index in [1.165, 1.54) is 0 Å². The third-order valence-electron chi connectivity index (χ3n) is 4.10. The number of fused-ring (bicyclic) bond motifs is 1. The summed E-state index contributed by atoms with van der Waals surface area (Å²) >= 11 is 1.16. The zero-order valence-corrected chi connectivity index (χ0v) is 13.3. The quantitative estimate of drug-likeness (QED) is 0.725. The number of anilines is 1. The lowest BCUT2D eigenvalue weighted by Crippen LogP contribution is -2.60. The maximum atomic E-state index is 12.6. The van der Waals surface area contributed by atoms with Crippen LogP contribution in [0.5, 0.6) is 0 Å². The second-order valence-electron chi connectivity index (χ2n) is 5.51. The summed E-state index contributed by atoms with van der Waals surface area (Å²) in [7, 11) is 1.84. The molecule has 4 rings (SSSR count). The van der Waals surface area contributed by atoms with Crippen molar-refractivity contribution in [3.05, 3.63) is 42.4 Å². The summed E-state index contributed by atoms with van der Waals surface area (Å²) in [4.78, 5) is 24.9. The Hall–Kier alpha value is -2.61. The van der Waals surface area contributed by atoms with Crippen molar-refractivity contribution in [1.82, 2.24) is 23.6 Å². The van der Waals surface area contributed by atoms with Crippen LogP contribution < -0.4 is 4.90 Å². The fraction of sp³-hybridized carbons (Fsp3) is 0.267. The Morgan fingerprint density at radius 2 is 2.09 bits per heavy atom. The first-order valence-corrected chi connectivity index (χ1v) is 7.96. The number of carbonyl (C=O) groups excluding carboxylic acids is 1. The van der Waals surface area contributed by atoms with Crippen LogP contribution in [0.25, 0.3) is 11.0 Å². The lowest BCUT2D eigenvalue weighted by molar-refractivity contribution is 0.0705. The lowest BCUT2D eigenvalue weighted by atomic mass is 10.1. The normalized spacial score (nSPS) is 14.7. The molecule has 7 nitrogen and oxygen atoms in total. The van der Waals surface area contributed by atoms with E-state index >= 15 is 0 Å². The van der Waals surface area contributed by atoms with Gasteiger partial charge < -0.3 is 9.80 Å². The lowest BCUT2D eigenvalue weighted by Gasteiger charge is -2.44. The number of hydrogen-bond acceptors (Lipinski definition) is 7.